The van der Waals surface area contributed by atoms with E-state index in [4.69, 9.17) is 0 Å². The second-order valence-electron chi connectivity index (χ2n) is 3.18. The van der Waals surface area contributed by atoms with Gasteiger partial charge in [-0.1, -0.05) is 13.0 Å². The highest BCUT2D eigenvalue weighted by molar-refractivity contribution is 7.90. The van der Waals surface area contributed by atoms with Crippen LogP contribution in [0.3, 0.4) is 0 Å². The Balaban J connectivity index is 2.90. The van der Waals surface area contributed by atoms with Crippen LogP contribution >= 0.6 is 0 Å². The molecule has 0 saturated carbocycles. The van der Waals surface area contributed by atoms with Crippen molar-refractivity contribution >= 4 is 21.9 Å². The maximum atomic E-state index is 11.4. The fourth-order valence-corrected chi connectivity index (χ4v) is 2.10. The van der Waals surface area contributed by atoms with Crippen LogP contribution in [0.25, 0.3) is 0 Å². The summed E-state index contributed by atoms with van der Waals surface area (Å²) in [7, 11) is -2.32. The molecule has 0 spiro atoms. The molecule has 0 fully saturated rings. The van der Waals surface area contributed by atoms with Crippen molar-refractivity contribution in [3.05, 3.63) is 29.8 Å². The van der Waals surface area contributed by atoms with Crippen LogP contribution in [0.4, 0.5) is 5.69 Å². The summed E-state index contributed by atoms with van der Waals surface area (Å²) in [6, 6.07) is 6.05. The van der Waals surface area contributed by atoms with Crippen LogP contribution in [0.5, 0.6) is 0 Å². The van der Waals surface area contributed by atoms with Crippen molar-refractivity contribution in [3.8, 4) is 0 Å². The lowest BCUT2D eigenvalue weighted by Gasteiger charge is -2.08. The molecule has 0 amide bonds. The van der Waals surface area contributed by atoms with Gasteiger partial charge in [-0.2, -0.15) is 13.1 Å². The van der Waals surface area contributed by atoms with Crippen LogP contribution in [0.1, 0.15) is 17.3 Å². The number of benzene rings is 1. The minimum absolute atomic E-state index is 0.282. The van der Waals surface area contributed by atoms with Gasteiger partial charge in [-0.25, -0.2) is 4.79 Å². The number of hydrogen-bond acceptors (Lipinski definition) is 4. The molecule has 0 aromatic heterocycles. The quantitative estimate of drug-likeness (QED) is 0.763. The van der Waals surface area contributed by atoms with Crippen LogP contribution in [0, 0.1) is 0 Å². The number of nitrogens with one attached hydrogen (secondary N) is 2. The molecular formula is C10H14N2O4S. The monoisotopic (exact) mass is 258 g/mol. The molecule has 0 atom stereocenters. The van der Waals surface area contributed by atoms with Gasteiger partial charge in [0, 0.05) is 6.54 Å². The third kappa shape index (κ3) is 4.04. The second kappa shape index (κ2) is 5.65. The van der Waals surface area contributed by atoms with E-state index in [1.807, 2.05) is 0 Å². The van der Waals surface area contributed by atoms with Crippen LogP contribution in [-0.2, 0) is 14.9 Å². The van der Waals surface area contributed by atoms with E-state index >= 15 is 0 Å². The second-order valence-corrected chi connectivity index (χ2v) is 4.68. The maximum Gasteiger partial charge on any atom is 0.337 e. The molecule has 0 saturated heterocycles. The average Bonchev–Trinajstić information content (AvgIpc) is 2.27. The molecule has 17 heavy (non-hydrogen) atoms. The zero-order valence-electron chi connectivity index (χ0n) is 9.56. The lowest BCUT2D eigenvalue weighted by atomic mass is 10.2. The van der Waals surface area contributed by atoms with E-state index < -0.39 is 16.2 Å². The lowest BCUT2D eigenvalue weighted by Crippen LogP contribution is -2.29. The van der Waals surface area contributed by atoms with E-state index in [0.717, 1.165) is 0 Å². The van der Waals surface area contributed by atoms with Gasteiger partial charge in [0.15, 0.2) is 0 Å². The van der Waals surface area contributed by atoms with Crippen LogP contribution in [-0.4, -0.2) is 28.0 Å². The summed E-state index contributed by atoms with van der Waals surface area (Å²) in [4.78, 5) is 11.2. The molecule has 0 bridgehead atoms. The summed E-state index contributed by atoms with van der Waals surface area (Å²) in [5, 5.41) is 0. The summed E-state index contributed by atoms with van der Waals surface area (Å²) in [6.07, 6.45) is 0. The van der Waals surface area contributed by atoms with E-state index in [9.17, 15) is 13.2 Å². The van der Waals surface area contributed by atoms with Crippen molar-refractivity contribution in [2.75, 3.05) is 18.4 Å². The number of anilines is 1. The minimum atomic E-state index is -3.59. The molecule has 1 aromatic carbocycles. The van der Waals surface area contributed by atoms with Crippen molar-refractivity contribution in [1.29, 1.82) is 0 Å². The van der Waals surface area contributed by atoms with Gasteiger partial charge in [-0.3, -0.25) is 4.72 Å². The van der Waals surface area contributed by atoms with Gasteiger partial charge in [0.1, 0.15) is 0 Å². The largest absolute Gasteiger partial charge is 0.465 e. The molecule has 94 valence electrons. The normalized spacial score (nSPS) is 10.9. The highest BCUT2D eigenvalue weighted by atomic mass is 32.2. The van der Waals surface area contributed by atoms with Crippen molar-refractivity contribution in [2.45, 2.75) is 6.92 Å². The van der Waals surface area contributed by atoms with Crippen LogP contribution in [0.2, 0.25) is 0 Å². The molecule has 7 heteroatoms. The molecule has 0 heterocycles. The summed E-state index contributed by atoms with van der Waals surface area (Å²) in [5.41, 5.74) is 0.582. The summed E-state index contributed by atoms with van der Waals surface area (Å²) in [6.45, 7) is 1.95. The fraction of sp³-hybridized carbons (Fsp3) is 0.300. The van der Waals surface area contributed by atoms with E-state index in [0.29, 0.717) is 5.69 Å². The van der Waals surface area contributed by atoms with Crippen LogP contribution in [0.15, 0.2) is 24.3 Å². The lowest BCUT2D eigenvalue weighted by molar-refractivity contribution is 0.0601. The average molecular weight is 258 g/mol. The molecule has 2 N–H and O–H groups in total. The Labute approximate surface area is 100 Å². The number of carbonyl (C=O) groups excluding carboxylic acids is 1. The molecule has 1 rings (SSSR count). The molecule has 6 nitrogen and oxygen atoms in total. The zero-order chi connectivity index (χ0) is 12.9. The van der Waals surface area contributed by atoms with Gasteiger partial charge in [-0.15, -0.1) is 0 Å². The van der Waals surface area contributed by atoms with Crippen molar-refractivity contribution < 1.29 is 17.9 Å². The Morgan fingerprint density at radius 1 is 1.41 bits per heavy atom. The maximum absolute atomic E-state index is 11.4. The van der Waals surface area contributed by atoms with Gasteiger partial charge in [0.25, 0.3) is 10.2 Å². The number of rotatable bonds is 5. The minimum Gasteiger partial charge on any atom is -0.465 e. The number of ether oxygens (including phenoxy) is 1. The molecule has 0 aliphatic carbocycles. The third-order valence-electron chi connectivity index (χ3n) is 1.87. The summed E-state index contributed by atoms with van der Waals surface area (Å²) >= 11 is 0. The van der Waals surface area contributed by atoms with Gasteiger partial charge in [0.05, 0.1) is 18.4 Å². The third-order valence-corrected chi connectivity index (χ3v) is 3.04. The van der Waals surface area contributed by atoms with E-state index in [-0.39, 0.29) is 12.1 Å². The van der Waals surface area contributed by atoms with Gasteiger partial charge in [0.2, 0.25) is 0 Å². The first-order chi connectivity index (χ1) is 7.98. The number of hydrogen-bond donors (Lipinski definition) is 2. The molecule has 0 aliphatic heterocycles. The zero-order valence-corrected chi connectivity index (χ0v) is 10.4. The smallest absolute Gasteiger partial charge is 0.337 e. The molecule has 0 unspecified atom stereocenters. The SMILES string of the molecule is CCNS(=O)(=O)Nc1cccc(C(=O)OC)c1. The number of carbonyl (C=O) groups is 1. The van der Waals surface area contributed by atoms with E-state index in [1.165, 1.54) is 19.2 Å². The van der Waals surface area contributed by atoms with Crippen molar-refractivity contribution in [1.82, 2.24) is 4.72 Å². The first-order valence-corrected chi connectivity index (χ1v) is 6.42. The topological polar surface area (TPSA) is 84.5 Å². The Bertz CT molecular complexity index is 499. The molecule has 0 radical (unpaired) electrons. The predicted molar refractivity (Wildman–Crippen MR) is 64.0 cm³/mol. The first kappa shape index (κ1) is 13.5. The molecular weight excluding hydrogens is 244 g/mol. The number of esters is 1. The standard InChI is InChI=1S/C10H14N2O4S/c1-3-11-17(14,15)12-9-6-4-5-8(7-9)10(13)16-2/h4-7,11-12H,3H2,1-2H3. The molecule has 0 aliphatic rings. The fourth-order valence-electron chi connectivity index (χ4n) is 1.21. The van der Waals surface area contributed by atoms with Gasteiger partial charge >= 0.3 is 5.97 Å². The molecule has 1 aromatic rings. The summed E-state index contributed by atoms with van der Waals surface area (Å²) in [5.74, 6) is -0.519. The van der Waals surface area contributed by atoms with Gasteiger partial charge in [-0.05, 0) is 18.2 Å². The van der Waals surface area contributed by atoms with Crippen molar-refractivity contribution in [2.24, 2.45) is 0 Å². The Hall–Kier alpha value is -1.60. The van der Waals surface area contributed by atoms with Crippen LogP contribution < -0.4 is 9.44 Å². The Morgan fingerprint density at radius 2 is 2.12 bits per heavy atom. The predicted octanol–water partition coefficient (Wildman–Crippen LogP) is 0.739. The van der Waals surface area contributed by atoms with E-state index in [2.05, 4.69) is 14.2 Å². The Morgan fingerprint density at radius 3 is 2.71 bits per heavy atom. The van der Waals surface area contributed by atoms with E-state index in [1.54, 1.807) is 19.1 Å². The highest BCUT2D eigenvalue weighted by Crippen LogP contribution is 2.12. The number of methoxy groups -OCH3 is 1. The highest BCUT2D eigenvalue weighted by Gasteiger charge is 2.10. The summed E-state index contributed by atoms with van der Waals surface area (Å²) < 4.78 is 31.9. The van der Waals surface area contributed by atoms with Gasteiger partial charge < -0.3 is 4.74 Å². The van der Waals surface area contributed by atoms with Crippen molar-refractivity contribution in [3.63, 3.8) is 0 Å². The first-order valence-electron chi connectivity index (χ1n) is 4.94. The Kier molecular flexibility index (Phi) is 4.47.